The summed E-state index contributed by atoms with van der Waals surface area (Å²) in [6.45, 7) is 0.364. The van der Waals surface area contributed by atoms with E-state index < -0.39 is 11.4 Å². The van der Waals surface area contributed by atoms with Crippen molar-refractivity contribution >= 4 is 23.0 Å². The number of H-pyrrole nitrogens is 1. The van der Waals surface area contributed by atoms with Crippen LogP contribution in [0.5, 0.6) is 0 Å². The molecule has 132 valence electrons. The fraction of sp³-hybridized carbons (Fsp3) is 0.588. The first-order chi connectivity index (χ1) is 12.5. The average molecular weight is 353 g/mol. The third-order valence-corrected chi connectivity index (χ3v) is 8.35. The van der Waals surface area contributed by atoms with Crippen molar-refractivity contribution in [2.24, 2.45) is 40.9 Å². The molecule has 2 aromatic rings. The van der Waals surface area contributed by atoms with Crippen molar-refractivity contribution in [2.75, 3.05) is 0 Å². The third kappa shape index (κ3) is 0.945. The van der Waals surface area contributed by atoms with Gasteiger partial charge >= 0.3 is 5.97 Å². The van der Waals surface area contributed by atoms with Crippen LogP contribution in [0.2, 0.25) is 0 Å². The van der Waals surface area contributed by atoms with Gasteiger partial charge in [0.1, 0.15) is 0 Å². The van der Waals surface area contributed by atoms with E-state index in [1.165, 1.54) is 12.7 Å². The zero-order valence-electron chi connectivity index (χ0n) is 13.5. The fourth-order valence-electron chi connectivity index (χ4n) is 7.82. The molecule has 26 heavy (non-hydrogen) atoms. The molecular weight excluding hydrogens is 338 g/mol. The maximum Gasteiger partial charge on any atom is 0.310 e. The highest BCUT2D eigenvalue weighted by Crippen LogP contribution is 3.06. The van der Waals surface area contributed by atoms with Gasteiger partial charge in [-0.3, -0.25) is 14.4 Å². The largest absolute Gasteiger partial charge is 0.481 e. The molecule has 0 atom stereocenters. The number of imidazole rings is 1. The normalized spacial score (nSPS) is 46.9. The van der Waals surface area contributed by atoms with E-state index in [9.17, 15) is 19.5 Å². The molecular formula is C17H15N5O4. The molecule has 6 fully saturated rings. The number of carboxylic acid groups (broad SMARTS) is 1. The van der Waals surface area contributed by atoms with Gasteiger partial charge in [0.2, 0.25) is 5.91 Å². The summed E-state index contributed by atoms with van der Waals surface area (Å²) in [6, 6.07) is 0. The number of aliphatic carboxylic acids is 1. The number of amides is 1. The zero-order valence-corrected chi connectivity index (χ0v) is 13.5. The number of carbonyl (C=O) groups excluding carboxylic acids is 1. The summed E-state index contributed by atoms with van der Waals surface area (Å²) in [5, 5.41) is 12.7. The molecule has 6 aliphatic carbocycles. The molecule has 2 aromatic heterocycles. The number of carbonyl (C=O) groups is 2. The van der Waals surface area contributed by atoms with E-state index in [0.717, 1.165) is 0 Å². The van der Waals surface area contributed by atoms with Crippen LogP contribution in [0.4, 0.5) is 0 Å². The van der Waals surface area contributed by atoms with Crippen LogP contribution >= 0.6 is 0 Å². The highest BCUT2D eigenvalue weighted by atomic mass is 16.4. The van der Waals surface area contributed by atoms with Crippen molar-refractivity contribution in [3.63, 3.8) is 0 Å². The number of aromatic nitrogens is 4. The Balaban J connectivity index is 1.06. The lowest BCUT2D eigenvalue weighted by Gasteiger charge is -3.09. The van der Waals surface area contributed by atoms with E-state index in [-0.39, 0.29) is 23.4 Å². The molecule has 0 bridgehead atoms. The van der Waals surface area contributed by atoms with Gasteiger partial charge in [-0.15, -0.1) is 0 Å². The Morgan fingerprint density at radius 1 is 1.19 bits per heavy atom. The van der Waals surface area contributed by atoms with Gasteiger partial charge in [0.15, 0.2) is 11.2 Å². The first-order valence-electron chi connectivity index (χ1n) is 8.97. The number of nitrogens with one attached hydrogen (secondary N) is 2. The van der Waals surface area contributed by atoms with Crippen molar-refractivity contribution in [2.45, 2.75) is 18.5 Å². The fourth-order valence-corrected chi connectivity index (χ4v) is 7.82. The molecule has 0 aliphatic heterocycles. The van der Waals surface area contributed by atoms with Crippen LogP contribution in [0.15, 0.2) is 17.4 Å². The topological polar surface area (TPSA) is 130 Å². The lowest BCUT2D eigenvalue weighted by molar-refractivity contribution is -0.609. The van der Waals surface area contributed by atoms with Gasteiger partial charge in [0, 0.05) is 13.0 Å². The summed E-state index contributed by atoms with van der Waals surface area (Å²) in [7, 11) is 0. The van der Waals surface area contributed by atoms with Gasteiger partial charge < -0.3 is 20.0 Å². The van der Waals surface area contributed by atoms with E-state index in [1.54, 1.807) is 4.57 Å². The molecule has 1 amide bonds. The van der Waals surface area contributed by atoms with Gasteiger partial charge in [0.25, 0.3) is 5.56 Å². The Labute approximate surface area is 145 Å². The molecule has 8 rings (SSSR count). The van der Waals surface area contributed by atoms with Crippen LogP contribution in [-0.4, -0.2) is 42.0 Å². The second-order valence-electron chi connectivity index (χ2n) is 8.47. The van der Waals surface area contributed by atoms with Crippen LogP contribution in [0.25, 0.3) is 11.2 Å². The first-order valence-corrected chi connectivity index (χ1v) is 8.97. The summed E-state index contributed by atoms with van der Waals surface area (Å²) in [5.74, 6) is 1.45. The van der Waals surface area contributed by atoms with E-state index >= 15 is 0 Å². The molecule has 0 spiro atoms. The van der Waals surface area contributed by atoms with Gasteiger partial charge in [-0.05, 0) is 35.5 Å². The van der Waals surface area contributed by atoms with Crippen LogP contribution < -0.4 is 10.9 Å². The Bertz CT molecular complexity index is 1060. The second-order valence-corrected chi connectivity index (χ2v) is 8.47. The van der Waals surface area contributed by atoms with Gasteiger partial charge in [0.05, 0.1) is 23.6 Å². The predicted octanol–water partition coefficient (Wildman–Crippen LogP) is -0.799. The van der Waals surface area contributed by atoms with Crippen molar-refractivity contribution in [1.82, 2.24) is 24.8 Å². The monoisotopic (exact) mass is 353 g/mol. The SMILES string of the molecule is O=C(CCn1cnc2nc[nH]c(=O)c21)NC12C3C4C1C1C2C3C41C(=O)O. The summed E-state index contributed by atoms with van der Waals surface area (Å²) >= 11 is 0. The van der Waals surface area contributed by atoms with Gasteiger partial charge in [-0.2, -0.15) is 0 Å². The minimum absolute atomic E-state index is 0.0350. The average Bonchev–Trinajstić information content (AvgIpc) is 3.04. The maximum absolute atomic E-state index is 12.5. The minimum Gasteiger partial charge on any atom is -0.481 e. The Hall–Kier alpha value is -2.71. The van der Waals surface area contributed by atoms with E-state index in [0.29, 0.717) is 53.2 Å². The smallest absolute Gasteiger partial charge is 0.310 e. The number of fused-ring (bicyclic) bond motifs is 1. The van der Waals surface area contributed by atoms with Crippen molar-refractivity contribution in [3.8, 4) is 0 Å². The second kappa shape index (κ2) is 3.56. The lowest BCUT2D eigenvalue weighted by atomic mass is 8.94. The van der Waals surface area contributed by atoms with Crippen LogP contribution in [0.3, 0.4) is 0 Å². The minimum atomic E-state index is -0.619. The maximum atomic E-state index is 12.5. The molecule has 9 nitrogen and oxygen atoms in total. The van der Waals surface area contributed by atoms with Gasteiger partial charge in [-0.1, -0.05) is 0 Å². The molecule has 6 aliphatic rings. The van der Waals surface area contributed by atoms with Crippen molar-refractivity contribution < 1.29 is 14.7 Å². The summed E-state index contributed by atoms with van der Waals surface area (Å²) < 4.78 is 1.65. The zero-order chi connectivity index (χ0) is 17.6. The number of rotatable bonds is 5. The van der Waals surface area contributed by atoms with E-state index in [4.69, 9.17) is 0 Å². The number of nitrogens with zero attached hydrogens (tertiary/aromatic N) is 3. The molecule has 0 aromatic carbocycles. The number of aryl methyl sites for hydroxylation is 1. The highest BCUT2D eigenvalue weighted by Gasteiger charge is 3.12. The third-order valence-electron chi connectivity index (χ3n) is 8.35. The summed E-state index contributed by atoms with van der Waals surface area (Å²) in [6.07, 6.45) is 3.10. The molecule has 9 heteroatoms. The number of carboxylic acids is 1. The highest BCUT2D eigenvalue weighted by molar-refractivity contribution is 5.90. The standard InChI is InChI=1S/C17H15N5O4/c23-5(1-2-22-4-20-13-12(22)14(24)19-3-18-13)21-17-9-6-10(17)8-11(17)7(9)16(6,8)15(25)26/h3-4,6-11H,1-2H2,(H,21,23)(H,25,26)(H,18,19,24). The number of hydrogen-bond donors (Lipinski definition) is 3. The predicted molar refractivity (Wildman–Crippen MR) is 84.6 cm³/mol. The Morgan fingerprint density at radius 3 is 2.54 bits per heavy atom. The molecule has 0 unspecified atom stereocenters. The first kappa shape index (κ1) is 13.5. The molecule has 0 saturated heterocycles. The molecule has 3 N–H and O–H groups in total. The van der Waals surface area contributed by atoms with Crippen LogP contribution in [0.1, 0.15) is 6.42 Å². The Morgan fingerprint density at radius 2 is 1.88 bits per heavy atom. The molecule has 6 saturated carbocycles. The molecule has 0 radical (unpaired) electrons. The molecule has 2 heterocycles. The summed E-state index contributed by atoms with van der Waals surface area (Å²) in [5.41, 5.74) is -0.0248. The van der Waals surface area contributed by atoms with Gasteiger partial charge in [-0.25, -0.2) is 9.97 Å². The van der Waals surface area contributed by atoms with Crippen LogP contribution in [0, 0.1) is 40.9 Å². The lowest BCUT2D eigenvalue weighted by Crippen LogP contribution is -3.16. The quantitative estimate of drug-likeness (QED) is 0.645. The Kier molecular flexibility index (Phi) is 1.85. The van der Waals surface area contributed by atoms with Crippen molar-refractivity contribution in [1.29, 1.82) is 0 Å². The number of aromatic amines is 1. The van der Waals surface area contributed by atoms with E-state index in [1.807, 2.05) is 0 Å². The van der Waals surface area contributed by atoms with Crippen LogP contribution in [-0.2, 0) is 16.1 Å². The van der Waals surface area contributed by atoms with Crippen molar-refractivity contribution in [3.05, 3.63) is 23.0 Å². The number of hydrogen-bond acceptors (Lipinski definition) is 5. The van der Waals surface area contributed by atoms with E-state index in [2.05, 4.69) is 20.3 Å². The summed E-state index contributed by atoms with van der Waals surface area (Å²) in [4.78, 5) is 46.6.